The van der Waals surface area contributed by atoms with Gasteiger partial charge in [-0.25, -0.2) is 0 Å². The van der Waals surface area contributed by atoms with Gasteiger partial charge in [0.15, 0.2) is 0 Å². The van der Waals surface area contributed by atoms with Crippen molar-refractivity contribution in [1.29, 1.82) is 0 Å². The molecule has 2 aromatic carbocycles. The maximum Gasteiger partial charge on any atom is 0.573 e. The topological polar surface area (TPSA) is 38.3 Å². The molecule has 7 heteroatoms. The Bertz CT molecular complexity index is 701. The van der Waals surface area contributed by atoms with Crippen LogP contribution in [0.15, 0.2) is 42.5 Å². The standard InChI is InChI=1S/C15H11F3INO2/c1-9-5-6-11(8-13(9)19)20-14(21)10-3-2-4-12(7-10)22-15(16,17)18/h2-8H,1H3,(H,20,21). The Hall–Kier alpha value is -1.77. The van der Waals surface area contributed by atoms with E-state index in [9.17, 15) is 18.0 Å². The molecule has 0 bridgehead atoms. The summed E-state index contributed by atoms with van der Waals surface area (Å²) in [6.07, 6.45) is -4.79. The number of anilines is 1. The van der Waals surface area contributed by atoms with Crippen LogP contribution >= 0.6 is 22.6 Å². The summed E-state index contributed by atoms with van der Waals surface area (Å²) in [4.78, 5) is 12.1. The average molecular weight is 421 g/mol. The molecular weight excluding hydrogens is 410 g/mol. The average Bonchev–Trinajstić information content (AvgIpc) is 2.41. The van der Waals surface area contributed by atoms with Crippen molar-refractivity contribution in [3.05, 3.63) is 57.2 Å². The van der Waals surface area contributed by atoms with Crippen molar-refractivity contribution >= 4 is 34.2 Å². The van der Waals surface area contributed by atoms with Crippen LogP contribution in [0, 0.1) is 10.5 Å². The van der Waals surface area contributed by atoms with Gasteiger partial charge < -0.3 is 10.1 Å². The third kappa shape index (κ3) is 4.62. The lowest BCUT2D eigenvalue weighted by molar-refractivity contribution is -0.274. The molecule has 0 fully saturated rings. The summed E-state index contributed by atoms with van der Waals surface area (Å²) in [6, 6.07) is 10.3. The zero-order chi connectivity index (χ0) is 16.3. The summed E-state index contributed by atoms with van der Waals surface area (Å²) in [6.45, 7) is 1.94. The molecule has 0 aromatic heterocycles. The Balaban J connectivity index is 2.15. The van der Waals surface area contributed by atoms with E-state index in [1.165, 1.54) is 12.1 Å². The summed E-state index contributed by atoms with van der Waals surface area (Å²) in [7, 11) is 0. The van der Waals surface area contributed by atoms with Gasteiger partial charge in [0, 0.05) is 14.8 Å². The van der Waals surface area contributed by atoms with E-state index in [0.29, 0.717) is 5.69 Å². The maximum absolute atomic E-state index is 12.2. The minimum Gasteiger partial charge on any atom is -0.406 e. The van der Waals surface area contributed by atoms with E-state index in [1.54, 1.807) is 12.1 Å². The number of hydrogen-bond donors (Lipinski definition) is 1. The smallest absolute Gasteiger partial charge is 0.406 e. The molecule has 22 heavy (non-hydrogen) atoms. The van der Waals surface area contributed by atoms with Crippen LogP contribution in [0.3, 0.4) is 0 Å². The minimum atomic E-state index is -4.79. The SMILES string of the molecule is Cc1ccc(NC(=O)c2cccc(OC(F)(F)F)c2)cc1I. The van der Waals surface area contributed by atoms with Gasteiger partial charge in [-0.3, -0.25) is 4.79 Å². The Labute approximate surface area is 138 Å². The second kappa shape index (κ2) is 6.55. The maximum atomic E-state index is 12.2. The summed E-state index contributed by atoms with van der Waals surface area (Å²) >= 11 is 2.14. The Kier molecular flexibility index (Phi) is 4.94. The minimum absolute atomic E-state index is 0.0809. The number of ether oxygens (including phenoxy) is 1. The lowest BCUT2D eigenvalue weighted by Gasteiger charge is -2.10. The van der Waals surface area contributed by atoms with Crippen molar-refractivity contribution in [2.24, 2.45) is 0 Å². The molecule has 3 nitrogen and oxygen atoms in total. The molecular formula is C15H11F3INO2. The van der Waals surface area contributed by atoms with Crippen molar-refractivity contribution in [2.45, 2.75) is 13.3 Å². The fourth-order valence-corrected chi connectivity index (χ4v) is 2.22. The predicted molar refractivity (Wildman–Crippen MR) is 85.0 cm³/mol. The second-order valence-corrected chi connectivity index (χ2v) is 5.66. The molecule has 0 saturated heterocycles. The molecule has 2 aromatic rings. The molecule has 1 amide bonds. The highest BCUT2D eigenvalue weighted by molar-refractivity contribution is 14.1. The molecule has 0 unspecified atom stereocenters. The molecule has 2 rings (SSSR count). The predicted octanol–water partition coefficient (Wildman–Crippen LogP) is 4.75. The fraction of sp³-hybridized carbons (Fsp3) is 0.133. The zero-order valence-corrected chi connectivity index (χ0v) is 13.5. The van der Waals surface area contributed by atoms with Crippen molar-refractivity contribution < 1.29 is 22.7 Å². The first-order valence-corrected chi connectivity index (χ1v) is 7.26. The van der Waals surface area contributed by atoms with Gasteiger partial charge in [-0.1, -0.05) is 12.1 Å². The number of nitrogens with one attached hydrogen (secondary N) is 1. The molecule has 0 aliphatic rings. The van der Waals surface area contributed by atoms with E-state index in [0.717, 1.165) is 21.3 Å². The molecule has 0 aliphatic heterocycles. The Morgan fingerprint density at radius 1 is 1.18 bits per heavy atom. The molecule has 0 spiro atoms. The number of halogens is 4. The number of benzene rings is 2. The molecule has 1 N–H and O–H groups in total. The van der Waals surface area contributed by atoms with Crippen LogP contribution in [-0.4, -0.2) is 12.3 Å². The first-order chi connectivity index (χ1) is 10.2. The zero-order valence-electron chi connectivity index (χ0n) is 11.4. The summed E-state index contributed by atoms with van der Waals surface area (Å²) in [5.41, 5.74) is 1.72. The third-order valence-electron chi connectivity index (χ3n) is 2.76. The normalized spacial score (nSPS) is 11.1. The van der Waals surface area contributed by atoms with E-state index in [4.69, 9.17) is 0 Å². The largest absolute Gasteiger partial charge is 0.573 e. The lowest BCUT2D eigenvalue weighted by atomic mass is 10.2. The lowest BCUT2D eigenvalue weighted by Crippen LogP contribution is -2.18. The molecule has 0 radical (unpaired) electrons. The first-order valence-electron chi connectivity index (χ1n) is 6.18. The molecule has 116 valence electrons. The van der Waals surface area contributed by atoms with Gasteiger partial charge in [0.2, 0.25) is 0 Å². The molecule has 0 atom stereocenters. The van der Waals surface area contributed by atoms with Crippen LogP contribution in [0.25, 0.3) is 0 Å². The van der Waals surface area contributed by atoms with Gasteiger partial charge in [-0.15, -0.1) is 13.2 Å². The van der Waals surface area contributed by atoms with E-state index in [-0.39, 0.29) is 5.56 Å². The third-order valence-corrected chi connectivity index (χ3v) is 3.92. The van der Waals surface area contributed by atoms with Crippen LogP contribution in [-0.2, 0) is 0 Å². The summed E-state index contributed by atoms with van der Waals surface area (Å²) in [5.74, 6) is -0.939. The fourth-order valence-electron chi connectivity index (χ4n) is 1.71. The number of hydrogen-bond acceptors (Lipinski definition) is 2. The van der Waals surface area contributed by atoms with Gasteiger partial charge >= 0.3 is 6.36 Å². The number of rotatable bonds is 3. The monoisotopic (exact) mass is 421 g/mol. The van der Waals surface area contributed by atoms with E-state index >= 15 is 0 Å². The van der Waals surface area contributed by atoms with Crippen LogP contribution < -0.4 is 10.1 Å². The highest BCUT2D eigenvalue weighted by Gasteiger charge is 2.31. The van der Waals surface area contributed by atoms with E-state index in [2.05, 4.69) is 32.6 Å². The highest BCUT2D eigenvalue weighted by atomic mass is 127. The van der Waals surface area contributed by atoms with Crippen LogP contribution in [0.4, 0.5) is 18.9 Å². The number of alkyl halides is 3. The molecule has 0 heterocycles. The summed E-state index contributed by atoms with van der Waals surface area (Å²) < 4.78 is 41.3. The Morgan fingerprint density at radius 3 is 2.55 bits per heavy atom. The van der Waals surface area contributed by atoms with Gasteiger partial charge in [0.05, 0.1) is 0 Å². The number of carbonyl (C=O) groups is 1. The van der Waals surface area contributed by atoms with E-state index in [1.807, 2.05) is 13.0 Å². The van der Waals surface area contributed by atoms with Crippen LogP contribution in [0.2, 0.25) is 0 Å². The van der Waals surface area contributed by atoms with Crippen LogP contribution in [0.1, 0.15) is 15.9 Å². The quantitative estimate of drug-likeness (QED) is 0.727. The van der Waals surface area contributed by atoms with Gasteiger partial charge in [0.25, 0.3) is 5.91 Å². The number of amides is 1. The Morgan fingerprint density at radius 2 is 1.91 bits per heavy atom. The molecule has 0 aliphatic carbocycles. The summed E-state index contributed by atoms with van der Waals surface area (Å²) in [5, 5.41) is 2.64. The van der Waals surface area contributed by atoms with Crippen LogP contribution in [0.5, 0.6) is 5.75 Å². The van der Waals surface area contributed by atoms with Crippen molar-refractivity contribution in [1.82, 2.24) is 0 Å². The highest BCUT2D eigenvalue weighted by Crippen LogP contribution is 2.24. The van der Waals surface area contributed by atoms with Crippen molar-refractivity contribution in [2.75, 3.05) is 5.32 Å². The van der Waals surface area contributed by atoms with Crippen molar-refractivity contribution in [3.8, 4) is 5.75 Å². The number of carbonyl (C=O) groups excluding carboxylic acids is 1. The molecule has 0 saturated carbocycles. The van der Waals surface area contributed by atoms with E-state index < -0.39 is 18.0 Å². The van der Waals surface area contributed by atoms with Crippen molar-refractivity contribution in [3.63, 3.8) is 0 Å². The second-order valence-electron chi connectivity index (χ2n) is 4.49. The number of aryl methyl sites for hydroxylation is 1. The van der Waals surface area contributed by atoms with Gasteiger partial charge in [0.1, 0.15) is 5.75 Å². The first kappa shape index (κ1) is 16.6. The van der Waals surface area contributed by atoms with Gasteiger partial charge in [-0.2, -0.15) is 0 Å². The van der Waals surface area contributed by atoms with Gasteiger partial charge in [-0.05, 0) is 65.4 Å².